The van der Waals surface area contributed by atoms with Gasteiger partial charge in [0.1, 0.15) is 0 Å². The van der Waals surface area contributed by atoms with E-state index in [0.717, 1.165) is 19.0 Å². The van der Waals surface area contributed by atoms with Crippen LogP contribution in [-0.4, -0.2) is 26.0 Å². The fraction of sp³-hybridized carbons (Fsp3) is 0.800. The molecule has 3 nitrogen and oxygen atoms in total. The predicted octanol–water partition coefficient (Wildman–Crippen LogP) is 2.34. The van der Waals surface area contributed by atoms with Crippen molar-refractivity contribution >= 4 is 5.91 Å². The zero-order valence-corrected chi connectivity index (χ0v) is 12.5. The van der Waals surface area contributed by atoms with E-state index in [4.69, 9.17) is 0 Å². The molecule has 0 saturated heterocycles. The van der Waals surface area contributed by atoms with Crippen LogP contribution in [0.4, 0.5) is 0 Å². The molecule has 1 aliphatic rings. The van der Waals surface area contributed by atoms with Gasteiger partial charge in [-0.25, -0.2) is 0 Å². The molecule has 104 valence electrons. The number of hydrogen-bond donors (Lipinski definition) is 2. The van der Waals surface area contributed by atoms with Crippen molar-refractivity contribution in [1.82, 2.24) is 10.6 Å². The van der Waals surface area contributed by atoms with Gasteiger partial charge >= 0.3 is 0 Å². The minimum atomic E-state index is -0.343. The fourth-order valence-corrected chi connectivity index (χ4v) is 2.70. The Morgan fingerprint density at radius 3 is 2.72 bits per heavy atom. The van der Waals surface area contributed by atoms with Crippen molar-refractivity contribution < 1.29 is 4.79 Å². The summed E-state index contributed by atoms with van der Waals surface area (Å²) in [6, 6.07) is 0. The highest BCUT2D eigenvalue weighted by Crippen LogP contribution is 2.29. The highest BCUT2D eigenvalue weighted by molar-refractivity contribution is 5.81. The summed E-state index contributed by atoms with van der Waals surface area (Å²) in [5.41, 5.74) is 1.16. The summed E-state index contributed by atoms with van der Waals surface area (Å²) < 4.78 is 0. The van der Waals surface area contributed by atoms with Gasteiger partial charge in [-0.3, -0.25) is 4.79 Å². The van der Waals surface area contributed by atoms with Crippen molar-refractivity contribution in [3.05, 3.63) is 11.6 Å². The lowest BCUT2D eigenvalue weighted by molar-refractivity contribution is -0.128. The number of rotatable bonds is 5. The second kappa shape index (κ2) is 6.37. The summed E-state index contributed by atoms with van der Waals surface area (Å²) >= 11 is 0. The Hall–Kier alpha value is -0.830. The first-order chi connectivity index (χ1) is 8.38. The number of carbonyl (C=O) groups is 1. The summed E-state index contributed by atoms with van der Waals surface area (Å²) in [4.78, 5) is 11.7. The van der Waals surface area contributed by atoms with Gasteiger partial charge in [0.2, 0.25) is 5.91 Å². The summed E-state index contributed by atoms with van der Waals surface area (Å²) in [6.45, 7) is 10.2. The van der Waals surface area contributed by atoms with Crippen LogP contribution in [0, 0.1) is 17.3 Å². The average molecular weight is 252 g/mol. The molecular formula is C15H28N2O. The summed E-state index contributed by atoms with van der Waals surface area (Å²) in [5, 5.41) is 6.19. The molecule has 1 aliphatic carbocycles. The Kier molecular flexibility index (Phi) is 5.39. The van der Waals surface area contributed by atoms with Crippen LogP contribution < -0.4 is 10.6 Å². The normalized spacial score (nSPS) is 24.6. The number of carbonyl (C=O) groups excluding carboxylic acids is 1. The van der Waals surface area contributed by atoms with Crippen molar-refractivity contribution in [2.75, 3.05) is 20.1 Å². The van der Waals surface area contributed by atoms with Crippen molar-refractivity contribution in [3.63, 3.8) is 0 Å². The number of allylic oxidation sites excluding steroid dienone is 1. The Labute approximate surface area is 111 Å². The molecule has 0 fully saturated rings. The molecule has 0 aliphatic heterocycles. The minimum Gasteiger partial charge on any atom is -0.359 e. The van der Waals surface area contributed by atoms with Crippen LogP contribution >= 0.6 is 0 Å². The Bertz CT molecular complexity index is 320. The van der Waals surface area contributed by atoms with Crippen LogP contribution in [-0.2, 0) is 4.79 Å². The third kappa shape index (κ3) is 3.84. The van der Waals surface area contributed by atoms with E-state index >= 15 is 0 Å². The van der Waals surface area contributed by atoms with E-state index in [2.05, 4.69) is 30.6 Å². The second-order valence-corrected chi connectivity index (χ2v) is 6.20. The smallest absolute Gasteiger partial charge is 0.226 e. The quantitative estimate of drug-likeness (QED) is 0.737. The highest BCUT2D eigenvalue weighted by Gasteiger charge is 2.27. The van der Waals surface area contributed by atoms with Crippen LogP contribution in [0.2, 0.25) is 0 Å². The molecule has 0 aromatic carbocycles. The molecule has 0 radical (unpaired) electrons. The first kappa shape index (κ1) is 15.2. The number of hydrogen-bond acceptors (Lipinski definition) is 2. The average Bonchev–Trinajstić information content (AvgIpc) is 2.31. The van der Waals surface area contributed by atoms with Gasteiger partial charge < -0.3 is 10.6 Å². The summed E-state index contributed by atoms with van der Waals surface area (Å²) in [7, 11) is 1.69. The van der Waals surface area contributed by atoms with Crippen molar-refractivity contribution in [3.8, 4) is 0 Å². The molecule has 0 spiro atoms. The van der Waals surface area contributed by atoms with Crippen LogP contribution in [0.25, 0.3) is 0 Å². The maximum absolute atomic E-state index is 11.7. The van der Waals surface area contributed by atoms with Gasteiger partial charge in [0.25, 0.3) is 0 Å². The van der Waals surface area contributed by atoms with Gasteiger partial charge in [-0.15, -0.1) is 0 Å². The zero-order chi connectivity index (χ0) is 13.8. The predicted molar refractivity (Wildman–Crippen MR) is 76.4 cm³/mol. The molecule has 0 aromatic heterocycles. The zero-order valence-electron chi connectivity index (χ0n) is 12.5. The van der Waals surface area contributed by atoms with Crippen molar-refractivity contribution in [1.29, 1.82) is 0 Å². The van der Waals surface area contributed by atoms with Crippen LogP contribution in [0.15, 0.2) is 11.6 Å². The second-order valence-electron chi connectivity index (χ2n) is 6.20. The SMILES string of the molecule is CNC(=O)C(C)(C)CNC[C@H]1C(C)=CCC[C@@H]1C. The number of amides is 1. The van der Waals surface area contributed by atoms with Gasteiger partial charge in [-0.1, -0.05) is 18.6 Å². The van der Waals surface area contributed by atoms with E-state index in [0.29, 0.717) is 5.92 Å². The summed E-state index contributed by atoms with van der Waals surface area (Å²) in [6.07, 6.45) is 4.85. The molecule has 2 N–H and O–H groups in total. The van der Waals surface area contributed by atoms with Gasteiger partial charge in [0, 0.05) is 20.1 Å². The monoisotopic (exact) mass is 252 g/mol. The third-order valence-corrected chi connectivity index (χ3v) is 4.13. The van der Waals surface area contributed by atoms with E-state index in [1.54, 1.807) is 7.05 Å². The standard InChI is InChI=1S/C15H28N2O/c1-11-7-6-8-12(2)13(11)9-17-10-15(3,4)14(18)16-5/h7,12-13,17H,6,8-10H2,1-5H3,(H,16,18)/t12-,13-/m0/s1. The Morgan fingerprint density at radius 2 is 2.17 bits per heavy atom. The molecule has 3 heteroatoms. The van der Waals surface area contributed by atoms with E-state index in [9.17, 15) is 4.79 Å². The first-order valence-electron chi connectivity index (χ1n) is 6.98. The molecule has 1 rings (SSSR count). The largest absolute Gasteiger partial charge is 0.359 e. The van der Waals surface area contributed by atoms with E-state index in [1.807, 2.05) is 13.8 Å². The van der Waals surface area contributed by atoms with Crippen molar-refractivity contribution in [2.45, 2.75) is 40.5 Å². The highest BCUT2D eigenvalue weighted by atomic mass is 16.2. The molecule has 1 amide bonds. The first-order valence-corrected chi connectivity index (χ1v) is 6.98. The Balaban J connectivity index is 2.44. The third-order valence-electron chi connectivity index (χ3n) is 4.13. The maximum atomic E-state index is 11.7. The molecule has 0 aromatic rings. The molecule has 0 heterocycles. The molecule has 0 bridgehead atoms. The van der Waals surface area contributed by atoms with Gasteiger partial charge in [-0.05, 0) is 45.4 Å². The molecule has 2 atom stereocenters. The lowest BCUT2D eigenvalue weighted by Gasteiger charge is -2.30. The van der Waals surface area contributed by atoms with Crippen molar-refractivity contribution in [2.24, 2.45) is 17.3 Å². The fourth-order valence-electron chi connectivity index (χ4n) is 2.70. The lowest BCUT2D eigenvalue weighted by atomic mass is 9.80. The van der Waals surface area contributed by atoms with Gasteiger partial charge in [0.15, 0.2) is 0 Å². The van der Waals surface area contributed by atoms with E-state index < -0.39 is 0 Å². The van der Waals surface area contributed by atoms with Crippen LogP contribution in [0.3, 0.4) is 0 Å². The lowest BCUT2D eigenvalue weighted by Crippen LogP contribution is -2.43. The van der Waals surface area contributed by atoms with Crippen LogP contribution in [0.1, 0.15) is 40.5 Å². The minimum absolute atomic E-state index is 0.0963. The molecule has 0 saturated carbocycles. The van der Waals surface area contributed by atoms with Gasteiger partial charge in [0.05, 0.1) is 5.41 Å². The van der Waals surface area contributed by atoms with Crippen LogP contribution in [0.5, 0.6) is 0 Å². The maximum Gasteiger partial charge on any atom is 0.226 e. The summed E-state index contributed by atoms with van der Waals surface area (Å²) in [5.74, 6) is 1.46. The van der Waals surface area contributed by atoms with E-state index in [-0.39, 0.29) is 11.3 Å². The molecule has 18 heavy (non-hydrogen) atoms. The molecule has 0 unspecified atom stereocenters. The van der Waals surface area contributed by atoms with E-state index in [1.165, 1.54) is 18.4 Å². The Morgan fingerprint density at radius 1 is 1.50 bits per heavy atom. The molecular weight excluding hydrogens is 224 g/mol. The van der Waals surface area contributed by atoms with Gasteiger partial charge in [-0.2, -0.15) is 0 Å². The number of nitrogens with one attached hydrogen (secondary N) is 2. The topological polar surface area (TPSA) is 41.1 Å².